The quantitative estimate of drug-likeness (QED) is 0.567. The van der Waals surface area contributed by atoms with Crippen LogP contribution in [-0.2, 0) is 5.41 Å². The summed E-state index contributed by atoms with van der Waals surface area (Å²) >= 11 is 0. The van der Waals surface area contributed by atoms with Crippen LogP contribution in [-0.4, -0.2) is 17.5 Å². The Kier molecular flexibility index (Phi) is 2.22. The van der Waals surface area contributed by atoms with E-state index >= 15 is 0 Å². The largest absolute Gasteiger partial charge is 0.624 e. The second-order valence-electron chi connectivity index (χ2n) is 4.41. The number of hydrogen-bond acceptors (Lipinski definition) is 1. The maximum absolute atomic E-state index is 11.3. The Morgan fingerprint density at radius 3 is 1.59 bits per heavy atom. The third kappa shape index (κ3) is 1.53. The first-order valence-corrected chi connectivity index (χ1v) is 5.72. The van der Waals surface area contributed by atoms with Crippen molar-refractivity contribution in [3.05, 3.63) is 77.0 Å². The summed E-state index contributed by atoms with van der Waals surface area (Å²) in [5.74, 6) is 0. The van der Waals surface area contributed by atoms with Gasteiger partial charge in [-0.15, -0.1) is 0 Å². The van der Waals surface area contributed by atoms with Crippen LogP contribution < -0.4 is 0 Å². The van der Waals surface area contributed by atoms with Crippen LogP contribution in [0.15, 0.2) is 60.7 Å². The number of hydrogen-bond donors (Lipinski definition) is 0. The molecule has 0 N–H and O–H groups in total. The van der Waals surface area contributed by atoms with E-state index in [9.17, 15) is 5.21 Å². The van der Waals surface area contributed by atoms with E-state index < -0.39 is 0 Å². The van der Waals surface area contributed by atoms with Crippen molar-refractivity contribution in [3.8, 4) is 0 Å². The Bertz CT molecular complexity index is 506. The van der Waals surface area contributed by atoms with Gasteiger partial charge in [0.05, 0.1) is 0 Å². The van der Waals surface area contributed by atoms with Crippen LogP contribution in [0.5, 0.6) is 0 Å². The minimum absolute atomic E-state index is 0.232. The SMILES string of the molecule is [O-][N+]1=CC(c2ccccc2)(c2ccccc2)C1. The van der Waals surface area contributed by atoms with Crippen LogP contribution in [0.25, 0.3) is 0 Å². The van der Waals surface area contributed by atoms with E-state index in [0.29, 0.717) is 6.54 Å². The monoisotopic (exact) mass is 223 g/mol. The minimum Gasteiger partial charge on any atom is -0.624 e. The molecule has 2 nitrogen and oxygen atoms in total. The molecule has 2 aromatic rings. The molecule has 0 saturated heterocycles. The zero-order valence-electron chi connectivity index (χ0n) is 9.41. The first-order chi connectivity index (χ1) is 8.31. The predicted molar refractivity (Wildman–Crippen MR) is 68.2 cm³/mol. The van der Waals surface area contributed by atoms with Crippen molar-refractivity contribution >= 4 is 6.21 Å². The summed E-state index contributed by atoms with van der Waals surface area (Å²) in [5.41, 5.74) is 2.13. The van der Waals surface area contributed by atoms with Gasteiger partial charge in [-0.25, -0.2) is 4.74 Å². The van der Waals surface area contributed by atoms with Crippen molar-refractivity contribution in [1.82, 2.24) is 0 Å². The lowest BCUT2D eigenvalue weighted by Crippen LogP contribution is -2.49. The third-order valence-electron chi connectivity index (χ3n) is 3.35. The molecule has 2 aromatic carbocycles. The van der Waals surface area contributed by atoms with E-state index in [1.54, 1.807) is 6.21 Å². The average Bonchev–Trinajstić information content (AvgIpc) is 2.37. The topological polar surface area (TPSA) is 26.1 Å². The summed E-state index contributed by atoms with van der Waals surface area (Å²) < 4.78 is 1.000. The Morgan fingerprint density at radius 2 is 1.24 bits per heavy atom. The van der Waals surface area contributed by atoms with Gasteiger partial charge in [-0.2, -0.15) is 0 Å². The Morgan fingerprint density at radius 1 is 0.824 bits per heavy atom. The standard InChI is InChI=1S/C15H13NO/c17-16-11-15(12-16,13-7-3-1-4-8-13)14-9-5-2-6-10-14/h1-11H,12H2. The summed E-state index contributed by atoms with van der Waals surface area (Å²) in [7, 11) is 0. The van der Waals surface area contributed by atoms with Gasteiger partial charge in [-0.3, -0.25) is 0 Å². The maximum Gasteiger partial charge on any atom is 0.176 e. The van der Waals surface area contributed by atoms with Crippen LogP contribution in [0.3, 0.4) is 0 Å². The van der Waals surface area contributed by atoms with Crippen LogP contribution in [0.1, 0.15) is 11.1 Å². The van der Waals surface area contributed by atoms with Gasteiger partial charge in [0.15, 0.2) is 18.2 Å². The Balaban J connectivity index is 2.14. The van der Waals surface area contributed by atoms with Crippen molar-refractivity contribution in [2.45, 2.75) is 5.41 Å². The highest BCUT2D eigenvalue weighted by Gasteiger charge is 2.46. The summed E-state index contributed by atoms with van der Waals surface area (Å²) in [6.45, 7) is 0.501. The summed E-state index contributed by atoms with van der Waals surface area (Å²) in [6.07, 6.45) is 1.76. The van der Waals surface area contributed by atoms with E-state index in [4.69, 9.17) is 0 Å². The molecule has 0 amide bonds. The lowest BCUT2D eigenvalue weighted by atomic mass is 9.72. The lowest BCUT2D eigenvalue weighted by molar-refractivity contribution is -0.491. The van der Waals surface area contributed by atoms with Gasteiger partial charge >= 0.3 is 0 Å². The van der Waals surface area contributed by atoms with Crippen LogP contribution >= 0.6 is 0 Å². The smallest absolute Gasteiger partial charge is 0.176 e. The first kappa shape index (κ1) is 10.1. The predicted octanol–water partition coefficient (Wildman–Crippen LogP) is 2.57. The normalized spacial score (nSPS) is 17.1. The fourth-order valence-corrected chi connectivity index (χ4v) is 2.44. The van der Waals surface area contributed by atoms with Gasteiger partial charge in [0, 0.05) is 0 Å². The van der Waals surface area contributed by atoms with Crippen LogP contribution in [0, 0.1) is 5.21 Å². The summed E-state index contributed by atoms with van der Waals surface area (Å²) in [6, 6.07) is 20.4. The van der Waals surface area contributed by atoms with Gasteiger partial charge in [0.25, 0.3) is 0 Å². The second-order valence-corrected chi connectivity index (χ2v) is 4.41. The van der Waals surface area contributed by atoms with Gasteiger partial charge in [0.1, 0.15) is 0 Å². The van der Waals surface area contributed by atoms with Gasteiger partial charge < -0.3 is 5.21 Å². The molecule has 0 aliphatic carbocycles. The molecule has 84 valence electrons. The maximum atomic E-state index is 11.3. The molecule has 0 atom stereocenters. The highest BCUT2D eigenvalue weighted by Crippen LogP contribution is 2.34. The first-order valence-electron chi connectivity index (χ1n) is 5.72. The summed E-state index contributed by atoms with van der Waals surface area (Å²) in [4.78, 5) is 0. The van der Waals surface area contributed by atoms with Crippen molar-refractivity contribution < 1.29 is 4.74 Å². The van der Waals surface area contributed by atoms with Crippen molar-refractivity contribution in [2.75, 3.05) is 6.54 Å². The van der Waals surface area contributed by atoms with Crippen LogP contribution in [0.2, 0.25) is 0 Å². The molecule has 2 heteroatoms. The van der Waals surface area contributed by atoms with E-state index in [2.05, 4.69) is 24.3 Å². The average molecular weight is 223 g/mol. The highest BCUT2D eigenvalue weighted by molar-refractivity contribution is 5.79. The fraction of sp³-hybridized carbons (Fsp3) is 0.133. The molecule has 0 aromatic heterocycles. The summed E-state index contributed by atoms with van der Waals surface area (Å²) in [5, 5.41) is 11.3. The zero-order chi connectivity index (χ0) is 11.7. The molecule has 0 fully saturated rings. The van der Waals surface area contributed by atoms with Crippen molar-refractivity contribution in [1.29, 1.82) is 0 Å². The fourth-order valence-electron chi connectivity index (χ4n) is 2.44. The molecular weight excluding hydrogens is 210 g/mol. The minimum atomic E-state index is -0.232. The van der Waals surface area contributed by atoms with Gasteiger partial charge in [0.2, 0.25) is 0 Å². The number of rotatable bonds is 2. The van der Waals surface area contributed by atoms with E-state index in [0.717, 1.165) is 4.74 Å². The molecule has 0 unspecified atom stereocenters. The lowest BCUT2D eigenvalue weighted by Gasteiger charge is -2.35. The number of nitrogens with zero attached hydrogens (tertiary/aromatic N) is 1. The third-order valence-corrected chi connectivity index (χ3v) is 3.35. The van der Waals surface area contributed by atoms with E-state index in [-0.39, 0.29) is 5.41 Å². The number of hydroxylamine groups is 1. The molecule has 3 rings (SSSR count). The van der Waals surface area contributed by atoms with E-state index in [1.165, 1.54) is 11.1 Å². The molecule has 0 radical (unpaired) electrons. The molecule has 1 heterocycles. The Labute approximate surface area is 100 Å². The molecule has 1 aliphatic rings. The van der Waals surface area contributed by atoms with Crippen LogP contribution in [0.4, 0.5) is 0 Å². The van der Waals surface area contributed by atoms with Gasteiger partial charge in [-0.05, 0) is 11.1 Å². The molecule has 1 aliphatic heterocycles. The highest BCUT2D eigenvalue weighted by atomic mass is 16.5. The Hall–Kier alpha value is -2.09. The number of benzene rings is 2. The molecular formula is C15H13NO. The van der Waals surface area contributed by atoms with Crippen molar-refractivity contribution in [3.63, 3.8) is 0 Å². The molecule has 0 bridgehead atoms. The molecule has 0 spiro atoms. The molecule has 0 saturated carbocycles. The molecule has 17 heavy (non-hydrogen) atoms. The zero-order valence-corrected chi connectivity index (χ0v) is 9.41. The van der Waals surface area contributed by atoms with Gasteiger partial charge in [-0.1, -0.05) is 60.7 Å². The van der Waals surface area contributed by atoms with Crippen molar-refractivity contribution in [2.24, 2.45) is 0 Å². The van der Waals surface area contributed by atoms with E-state index in [1.807, 2.05) is 36.4 Å². The second kappa shape index (κ2) is 3.74.